The third kappa shape index (κ3) is 3.50. The topological polar surface area (TPSA) is 200 Å². The number of nitrogens with one attached hydrogen (secondary N) is 1. The molecule has 0 aliphatic heterocycles. The Balaban J connectivity index is 1.64. The minimum atomic E-state index is -2.60. The van der Waals surface area contributed by atoms with Gasteiger partial charge in [0.25, 0.3) is 5.91 Å². The maximum Gasteiger partial charge on any atom is 0.255 e. The van der Waals surface area contributed by atoms with Crippen LogP contribution in [-0.4, -0.2) is 54.4 Å². The molecular weight excluding hydrogens is 482 g/mol. The monoisotopic (exact) mass is 505 g/mol. The van der Waals surface area contributed by atoms with E-state index in [9.17, 15) is 39.6 Å². The molecule has 3 aliphatic rings. The first-order valence-electron chi connectivity index (χ1n) is 11.5. The zero-order valence-corrected chi connectivity index (χ0v) is 19.6. The number of phenols is 1. The Morgan fingerprint density at radius 3 is 2.46 bits per heavy atom. The Morgan fingerprint density at radius 1 is 1.11 bits per heavy atom. The standard InChI is InChI=1S/C26H23N3O8/c1-10(30)29-18-5-2-11(9-28-18)14-3-4-16(31)20-15(14)7-12-6-13-8-17(32)21(25(27)36)24(35)26(13,37)23(34)19(12)22(20)33/h2-5,9,12-13,31,33,35,37H,6-8H2,1H3,(H2,27,36)(H,28,29,30). The number of pyridine rings is 1. The fourth-order valence-electron chi connectivity index (χ4n) is 5.70. The highest BCUT2D eigenvalue weighted by atomic mass is 16.3. The fraction of sp³-hybridized carbons (Fsp3) is 0.269. The van der Waals surface area contributed by atoms with Crippen LogP contribution < -0.4 is 11.1 Å². The molecule has 1 aromatic carbocycles. The summed E-state index contributed by atoms with van der Waals surface area (Å²) in [5.41, 5.74) is 3.32. The van der Waals surface area contributed by atoms with Gasteiger partial charge in [0.2, 0.25) is 11.7 Å². The van der Waals surface area contributed by atoms with Crippen molar-refractivity contribution in [2.24, 2.45) is 17.6 Å². The van der Waals surface area contributed by atoms with Gasteiger partial charge in [-0.25, -0.2) is 4.98 Å². The molecule has 1 heterocycles. The summed E-state index contributed by atoms with van der Waals surface area (Å²) in [6.07, 6.45) is 1.35. The Hall–Kier alpha value is -4.51. The number of hydrogen-bond acceptors (Lipinski definition) is 9. The molecule has 0 bridgehead atoms. The van der Waals surface area contributed by atoms with E-state index in [4.69, 9.17) is 5.73 Å². The molecule has 11 nitrogen and oxygen atoms in total. The van der Waals surface area contributed by atoms with E-state index in [-0.39, 0.29) is 42.1 Å². The lowest BCUT2D eigenvalue weighted by molar-refractivity contribution is -0.147. The van der Waals surface area contributed by atoms with Crippen LogP contribution >= 0.6 is 0 Å². The van der Waals surface area contributed by atoms with Gasteiger partial charge in [-0.15, -0.1) is 0 Å². The van der Waals surface area contributed by atoms with Gasteiger partial charge in [0.05, 0.1) is 5.56 Å². The molecule has 1 fully saturated rings. The van der Waals surface area contributed by atoms with Crippen LogP contribution in [0.1, 0.15) is 30.9 Å². The molecule has 0 spiro atoms. The van der Waals surface area contributed by atoms with E-state index in [1.54, 1.807) is 18.2 Å². The van der Waals surface area contributed by atoms with Gasteiger partial charge in [-0.2, -0.15) is 0 Å². The first-order chi connectivity index (χ1) is 17.4. The number of rotatable bonds is 3. The third-order valence-corrected chi connectivity index (χ3v) is 7.33. The first kappa shape index (κ1) is 24.2. The summed E-state index contributed by atoms with van der Waals surface area (Å²) in [6, 6.07) is 6.29. The summed E-state index contributed by atoms with van der Waals surface area (Å²) in [5.74, 6) is -6.69. The zero-order chi connectivity index (χ0) is 26.8. The van der Waals surface area contributed by atoms with Gasteiger partial charge < -0.3 is 31.5 Å². The number of benzene rings is 1. The highest BCUT2D eigenvalue weighted by molar-refractivity contribution is 6.22. The number of aromatic hydroxyl groups is 1. The Bertz CT molecular complexity index is 1470. The van der Waals surface area contributed by atoms with E-state index in [1.165, 1.54) is 19.2 Å². The summed E-state index contributed by atoms with van der Waals surface area (Å²) >= 11 is 0. The average molecular weight is 505 g/mol. The average Bonchev–Trinajstić information content (AvgIpc) is 2.81. The molecule has 3 atom stereocenters. The van der Waals surface area contributed by atoms with Crippen molar-refractivity contribution in [3.63, 3.8) is 0 Å². The number of aromatic nitrogens is 1. The van der Waals surface area contributed by atoms with E-state index in [2.05, 4.69) is 10.3 Å². The number of hydrogen-bond donors (Lipinski definition) is 6. The molecule has 3 unspecified atom stereocenters. The van der Waals surface area contributed by atoms with Gasteiger partial charge >= 0.3 is 0 Å². The van der Waals surface area contributed by atoms with Crippen LogP contribution in [0, 0.1) is 11.8 Å². The van der Waals surface area contributed by atoms with Gasteiger partial charge in [0, 0.05) is 36.6 Å². The van der Waals surface area contributed by atoms with Crippen LogP contribution in [-0.2, 0) is 25.6 Å². The van der Waals surface area contributed by atoms with Crippen molar-refractivity contribution >= 4 is 35.0 Å². The molecule has 0 saturated heterocycles. The molecule has 11 heteroatoms. The number of aliphatic hydroxyl groups is 3. The van der Waals surface area contributed by atoms with Crippen LogP contribution in [0.15, 0.2) is 47.4 Å². The molecule has 5 rings (SSSR count). The van der Waals surface area contributed by atoms with Crippen molar-refractivity contribution in [1.29, 1.82) is 0 Å². The molecule has 190 valence electrons. The molecule has 3 aliphatic carbocycles. The predicted octanol–water partition coefficient (Wildman–Crippen LogP) is 1.44. The summed E-state index contributed by atoms with van der Waals surface area (Å²) in [5, 5.41) is 46.3. The van der Waals surface area contributed by atoms with Gasteiger partial charge in [-0.05, 0) is 48.1 Å². The molecular formula is C26H23N3O8. The van der Waals surface area contributed by atoms with E-state index in [0.29, 0.717) is 22.5 Å². The number of nitrogens with two attached hydrogens (primary N) is 1. The summed E-state index contributed by atoms with van der Waals surface area (Å²) < 4.78 is 0. The van der Waals surface area contributed by atoms with Crippen LogP contribution in [0.4, 0.5) is 5.82 Å². The van der Waals surface area contributed by atoms with Crippen molar-refractivity contribution in [3.8, 4) is 16.9 Å². The summed E-state index contributed by atoms with van der Waals surface area (Å²) in [7, 11) is 0. The smallest absolute Gasteiger partial charge is 0.255 e. The van der Waals surface area contributed by atoms with Crippen molar-refractivity contribution < 1.29 is 39.6 Å². The number of fused-ring (bicyclic) bond motifs is 3. The number of nitrogens with zero attached hydrogens (tertiary/aromatic N) is 1. The van der Waals surface area contributed by atoms with Gasteiger partial charge in [-0.3, -0.25) is 19.2 Å². The maximum absolute atomic E-state index is 13.6. The molecule has 1 aromatic heterocycles. The minimum Gasteiger partial charge on any atom is -0.508 e. The largest absolute Gasteiger partial charge is 0.508 e. The molecule has 2 amide bonds. The van der Waals surface area contributed by atoms with Crippen molar-refractivity contribution in [3.05, 3.63) is 58.5 Å². The van der Waals surface area contributed by atoms with Crippen LogP contribution in [0.2, 0.25) is 0 Å². The maximum atomic E-state index is 13.6. The molecule has 37 heavy (non-hydrogen) atoms. The summed E-state index contributed by atoms with van der Waals surface area (Å²) in [4.78, 5) is 53.3. The number of Topliss-reactive ketones (excluding diaryl/α,β-unsaturated/α-hetero) is 2. The van der Waals surface area contributed by atoms with Crippen molar-refractivity contribution in [2.75, 3.05) is 5.32 Å². The predicted molar refractivity (Wildman–Crippen MR) is 129 cm³/mol. The lowest BCUT2D eigenvalue weighted by atomic mass is 9.59. The van der Waals surface area contributed by atoms with Crippen molar-refractivity contribution in [2.45, 2.75) is 31.8 Å². The van der Waals surface area contributed by atoms with E-state index >= 15 is 0 Å². The van der Waals surface area contributed by atoms with Crippen LogP contribution in [0.5, 0.6) is 5.75 Å². The Kier molecular flexibility index (Phi) is 5.41. The molecule has 0 radical (unpaired) electrons. The lowest BCUT2D eigenvalue weighted by Crippen LogP contribution is -2.58. The zero-order valence-electron chi connectivity index (χ0n) is 19.6. The third-order valence-electron chi connectivity index (χ3n) is 7.33. The number of phenolic OH excluding ortho intramolecular Hbond substituents is 1. The van der Waals surface area contributed by atoms with Crippen molar-refractivity contribution in [1.82, 2.24) is 4.98 Å². The normalized spacial score (nSPS) is 24.8. The van der Waals surface area contributed by atoms with Crippen LogP contribution in [0.3, 0.4) is 0 Å². The Morgan fingerprint density at radius 2 is 1.84 bits per heavy atom. The lowest BCUT2D eigenvalue weighted by Gasteiger charge is -2.46. The number of ketones is 2. The number of primary amides is 1. The van der Waals surface area contributed by atoms with E-state index in [0.717, 1.165) is 0 Å². The Labute approximate surface area is 209 Å². The summed E-state index contributed by atoms with van der Waals surface area (Å²) in [6.45, 7) is 1.36. The number of carbonyl (C=O) groups is 4. The van der Waals surface area contributed by atoms with Crippen LogP contribution in [0.25, 0.3) is 16.9 Å². The number of aliphatic hydroxyl groups excluding tert-OH is 2. The second-order valence-electron chi connectivity index (χ2n) is 9.51. The molecule has 1 saturated carbocycles. The minimum absolute atomic E-state index is 0.00410. The number of carbonyl (C=O) groups excluding carboxylic acids is 4. The van der Waals surface area contributed by atoms with E-state index < -0.39 is 52.0 Å². The number of anilines is 1. The molecule has 2 aromatic rings. The second-order valence-corrected chi connectivity index (χ2v) is 9.51. The first-order valence-corrected chi connectivity index (χ1v) is 11.5. The van der Waals surface area contributed by atoms with Gasteiger partial charge in [0.15, 0.2) is 11.4 Å². The highest BCUT2D eigenvalue weighted by Gasteiger charge is 2.60. The molecule has 7 N–H and O–H groups in total. The number of amides is 2. The highest BCUT2D eigenvalue weighted by Crippen LogP contribution is 2.53. The fourth-order valence-corrected chi connectivity index (χ4v) is 5.70. The van der Waals surface area contributed by atoms with Gasteiger partial charge in [0.1, 0.15) is 28.7 Å². The quantitative estimate of drug-likeness (QED) is 0.334. The van der Waals surface area contributed by atoms with Gasteiger partial charge in [-0.1, -0.05) is 6.07 Å². The second kappa shape index (κ2) is 8.27. The van der Waals surface area contributed by atoms with E-state index in [1.807, 2.05) is 0 Å². The SMILES string of the molecule is CC(=O)Nc1ccc(-c2ccc(O)c3c2CC2CC4CC(=O)C(C(N)=O)=C(O)C4(O)C(=O)C2=C3O)cn1.